The van der Waals surface area contributed by atoms with E-state index in [2.05, 4.69) is 9.88 Å². The predicted molar refractivity (Wildman–Crippen MR) is 78.8 cm³/mol. The Balaban J connectivity index is 1.87. The van der Waals surface area contributed by atoms with Gasteiger partial charge in [-0.2, -0.15) is 0 Å². The van der Waals surface area contributed by atoms with Crippen LogP contribution in [0.1, 0.15) is 5.56 Å². The average molecular weight is 291 g/mol. The molecule has 0 fully saturated rings. The van der Waals surface area contributed by atoms with E-state index < -0.39 is 0 Å². The maximum Gasteiger partial charge on any atom is 0.213 e. The number of halogens is 1. The van der Waals surface area contributed by atoms with Crippen LogP contribution in [0, 0.1) is 0 Å². The molecule has 0 unspecified atom stereocenters. The summed E-state index contributed by atoms with van der Waals surface area (Å²) in [5.74, 6) is 1.39. The fourth-order valence-corrected chi connectivity index (χ4v) is 2.54. The molecule has 0 N–H and O–H groups in total. The van der Waals surface area contributed by atoms with Gasteiger partial charge in [0.15, 0.2) is 5.75 Å². The van der Waals surface area contributed by atoms with Crippen LogP contribution in [0.15, 0.2) is 36.5 Å². The van der Waals surface area contributed by atoms with E-state index in [1.165, 1.54) is 0 Å². The molecule has 0 saturated carbocycles. The van der Waals surface area contributed by atoms with Crippen molar-refractivity contribution >= 4 is 17.3 Å². The molecule has 0 radical (unpaired) electrons. The Bertz CT molecular complexity index is 619. The van der Waals surface area contributed by atoms with Crippen molar-refractivity contribution in [1.29, 1.82) is 0 Å². The van der Waals surface area contributed by atoms with E-state index in [9.17, 15) is 0 Å². The summed E-state index contributed by atoms with van der Waals surface area (Å²) in [6, 6.07) is 9.75. The van der Waals surface area contributed by atoms with Crippen LogP contribution in [0.5, 0.6) is 11.6 Å². The molecule has 2 heterocycles. The molecule has 20 heavy (non-hydrogen) atoms. The molecule has 4 nitrogen and oxygen atoms in total. The van der Waals surface area contributed by atoms with E-state index in [-0.39, 0.29) is 0 Å². The van der Waals surface area contributed by atoms with Crippen LogP contribution in [0.25, 0.3) is 0 Å². The van der Waals surface area contributed by atoms with Gasteiger partial charge < -0.3 is 14.4 Å². The van der Waals surface area contributed by atoms with Crippen LogP contribution in [-0.2, 0) is 6.54 Å². The Labute approximate surface area is 122 Å². The molecule has 0 amide bonds. The first-order chi connectivity index (χ1) is 9.78. The maximum atomic E-state index is 6.18. The second kappa shape index (κ2) is 5.59. The van der Waals surface area contributed by atoms with Gasteiger partial charge in [-0.25, -0.2) is 4.98 Å². The van der Waals surface area contributed by atoms with Crippen molar-refractivity contribution in [1.82, 2.24) is 4.98 Å². The van der Waals surface area contributed by atoms with Crippen molar-refractivity contribution in [3.63, 3.8) is 0 Å². The Morgan fingerprint density at radius 1 is 1.40 bits per heavy atom. The van der Waals surface area contributed by atoms with Gasteiger partial charge in [-0.3, -0.25) is 0 Å². The number of benzene rings is 1. The van der Waals surface area contributed by atoms with Crippen molar-refractivity contribution in [3.05, 3.63) is 47.1 Å². The molecule has 1 aromatic carbocycles. The predicted octanol–water partition coefficient (Wildman–Crippen LogP) is 3.14. The first kappa shape index (κ1) is 13.1. The number of aromatic nitrogens is 1. The Hall–Kier alpha value is -1.94. The van der Waals surface area contributed by atoms with E-state index in [0.29, 0.717) is 17.5 Å². The lowest BCUT2D eigenvalue weighted by Gasteiger charge is -2.31. The van der Waals surface area contributed by atoms with Crippen LogP contribution < -0.4 is 14.4 Å². The van der Waals surface area contributed by atoms with Gasteiger partial charge in [-0.05, 0) is 23.8 Å². The summed E-state index contributed by atoms with van der Waals surface area (Å²) in [7, 11) is 1.62. The van der Waals surface area contributed by atoms with Crippen molar-refractivity contribution in [2.24, 2.45) is 0 Å². The van der Waals surface area contributed by atoms with Gasteiger partial charge in [-0.15, -0.1) is 0 Å². The van der Waals surface area contributed by atoms with Gasteiger partial charge in [0.05, 0.1) is 24.4 Å². The van der Waals surface area contributed by atoms with Crippen molar-refractivity contribution in [2.75, 3.05) is 25.2 Å². The molecule has 1 aromatic heterocycles. The highest BCUT2D eigenvalue weighted by atomic mass is 35.5. The third kappa shape index (κ3) is 2.51. The number of hydrogen-bond donors (Lipinski definition) is 0. The number of methoxy groups -OCH3 is 1. The summed E-state index contributed by atoms with van der Waals surface area (Å²) in [5, 5.41) is 0.652. The minimum absolute atomic E-state index is 0.627. The number of para-hydroxylation sites is 1. The van der Waals surface area contributed by atoms with E-state index in [4.69, 9.17) is 21.1 Å². The lowest BCUT2D eigenvalue weighted by molar-refractivity contribution is 0.307. The molecule has 5 heteroatoms. The van der Waals surface area contributed by atoms with Gasteiger partial charge in [0.25, 0.3) is 0 Å². The number of rotatable bonds is 3. The van der Waals surface area contributed by atoms with E-state index in [0.717, 1.165) is 30.1 Å². The number of ether oxygens (including phenoxy) is 2. The van der Waals surface area contributed by atoms with Gasteiger partial charge >= 0.3 is 0 Å². The molecule has 0 bridgehead atoms. The minimum atomic E-state index is 0.627. The molecule has 0 aliphatic carbocycles. The molecule has 3 rings (SSSR count). The van der Waals surface area contributed by atoms with E-state index in [1.807, 2.05) is 30.3 Å². The lowest BCUT2D eigenvalue weighted by atomic mass is 10.2. The third-order valence-corrected chi connectivity index (χ3v) is 3.57. The quantitative estimate of drug-likeness (QED) is 0.870. The SMILES string of the molecule is COc1cc(CN2CCOc3c(Cl)cccc32)ccn1. The summed E-state index contributed by atoms with van der Waals surface area (Å²) >= 11 is 6.18. The highest BCUT2D eigenvalue weighted by Gasteiger charge is 2.20. The third-order valence-electron chi connectivity index (χ3n) is 3.28. The number of nitrogens with zero attached hydrogens (tertiary/aromatic N) is 2. The standard InChI is InChI=1S/C15H15ClN2O2/c1-19-14-9-11(5-6-17-14)10-18-7-8-20-15-12(16)3-2-4-13(15)18/h2-6,9H,7-8,10H2,1H3. The summed E-state index contributed by atoms with van der Waals surface area (Å²) in [6.07, 6.45) is 1.76. The Kier molecular flexibility index (Phi) is 3.65. The summed E-state index contributed by atoms with van der Waals surface area (Å²) in [6.45, 7) is 2.24. The van der Waals surface area contributed by atoms with Crippen molar-refractivity contribution in [2.45, 2.75) is 6.54 Å². The number of pyridine rings is 1. The lowest BCUT2D eigenvalue weighted by Crippen LogP contribution is -2.32. The summed E-state index contributed by atoms with van der Waals surface area (Å²) < 4.78 is 10.8. The molecule has 0 atom stereocenters. The number of anilines is 1. The molecule has 2 aromatic rings. The van der Waals surface area contributed by atoms with Gasteiger partial charge in [0.2, 0.25) is 5.88 Å². The molecule has 1 aliphatic rings. The first-order valence-electron chi connectivity index (χ1n) is 6.43. The average Bonchev–Trinajstić information content (AvgIpc) is 2.49. The zero-order valence-corrected chi connectivity index (χ0v) is 11.9. The number of fused-ring (bicyclic) bond motifs is 1. The second-order valence-corrected chi connectivity index (χ2v) is 4.97. The van der Waals surface area contributed by atoms with Gasteiger partial charge in [0.1, 0.15) is 6.61 Å². The zero-order valence-electron chi connectivity index (χ0n) is 11.2. The Morgan fingerprint density at radius 2 is 2.30 bits per heavy atom. The molecule has 1 aliphatic heterocycles. The monoisotopic (exact) mass is 290 g/mol. The molecular weight excluding hydrogens is 276 g/mol. The molecular formula is C15H15ClN2O2. The van der Waals surface area contributed by atoms with E-state index in [1.54, 1.807) is 13.3 Å². The highest BCUT2D eigenvalue weighted by Crippen LogP contribution is 2.38. The topological polar surface area (TPSA) is 34.6 Å². The van der Waals surface area contributed by atoms with Gasteiger partial charge in [-0.1, -0.05) is 17.7 Å². The van der Waals surface area contributed by atoms with Crippen LogP contribution >= 0.6 is 11.6 Å². The second-order valence-electron chi connectivity index (χ2n) is 4.56. The maximum absolute atomic E-state index is 6.18. The van der Waals surface area contributed by atoms with Crippen LogP contribution in [0.4, 0.5) is 5.69 Å². The van der Waals surface area contributed by atoms with E-state index >= 15 is 0 Å². The van der Waals surface area contributed by atoms with Crippen LogP contribution in [0.2, 0.25) is 5.02 Å². The smallest absolute Gasteiger partial charge is 0.213 e. The van der Waals surface area contributed by atoms with Gasteiger partial charge in [0, 0.05) is 18.8 Å². The molecule has 0 saturated heterocycles. The zero-order chi connectivity index (χ0) is 13.9. The first-order valence-corrected chi connectivity index (χ1v) is 6.81. The number of hydrogen-bond acceptors (Lipinski definition) is 4. The largest absolute Gasteiger partial charge is 0.488 e. The summed E-state index contributed by atoms with van der Waals surface area (Å²) in [5.41, 5.74) is 2.17. The molecule has 104 valence electrons. The van der Waals surface area contributed by atoms with Crippen LogP contribution in [-0.4, -0.2) is 25.2 Å². The Morgan fingerprint density at radius 3 is 3.15 bits per heavy atom. The minimum Gasteiger partial charge on any atom is -0.488 e. The highest BCUT2D eigenvalue weighted by molar-refractivity contribution is 6.32. The fourth-order valence-electron chi connectivity index (χ4n) is 2.31. The summed E-state index contributed by atoms with van der Waals surface area (Å²) in [4.78, 5) is 6.37. The van der Waals surface area contributed by atoms with Crippen LogP contribution in [0.3, 0.4) is 0 Å². The van der Waals surface area contributed by atoms with Crippen molar-refractivity contribution in [3.8, 4) is 11.6 Å². The normalized spacial score (nSPS) is 13.6. The molecule has 0 spiro atoms. The van der Waals surface area contributed by atoms with Crippen molar-refractivity contribution < 1.29 is 9.47 Å². The fraction of sp³-hybridized carbons (Fsp3) is 0.267.